The van der Waals surface area contributed by atoms with Gasteiger partial charge in [0.15, 0.2) is 6.10 Å². The summed E-state index contributed by atoms with van der Waals surface area (Å²) < 4.78 is 23.2. The lowest BCUT2D eigenvalue weighted by Gasteiger charge is -2.29. The molecule has 32 heavy (non-hydrogen) atoms. The van der Waals surface area contributed by atoms with E-state index in [1.54, 1.807) is 6.92 Å². The van der Waals surface area contributed by atoms with Crippen LogP contribution in [0.15, 0.2) is 40.8 Å². The van der Waals surface area contributed by atoms with Gasteiger partial charge < -0.3 is 23.7 Å². The van der Waals surface area contributed by atoms with E-state index in [1.807, 2.05) is 38.1 Å². The number of carbonyl (C=O) groups is 1. The van der Waals surface area contributed by atoms with Crippen LogP contribution in [-0.4, -0.2) is 47.6 Å². The Kier molecular flexibility index (Phi) is 8.61. The molecule has 3 atom stereocenters. The van der Waals surface area contributed by atoms with E-state index in [1.165, 1.54) is 0 Å². The van der Waals surface area contributed by atoms with E-state index < -0.39 is 12.1 Å². The average molecular weight is 444 g/mol. The number of hydrogen-bond acceptors (Lipinski definition) is 6. The zero-order valence-electron chi connectivity index (χ0n) is 19.1. The quantitative estimate of drug-likeness (QED) is 0.497. The van der Waals surface area contributed by atoms with Crippen molar-refractivity contribution in [2.45, 2.75) is 71.4 Å². The molecule has 0 saturated heterocycles. The largest absolute Gasteiger partial charge is 0.479 e. The predicted octanol–water partition coefficient (Wildman–Crippen LogP) is 4.85. The summed E-state index contributed by atoms with van der Waals surface area (Å²) in [6.45, 7) is 10.1. The Morgan fingerprint density at radius 2 is 2.03 bits per heavy atom. The van der Waals surface area contributed by atoms with Crippen LogP contribution in [0.2, 0.25) is 0 Å². The molecule has 7 heteroatoms. The molecule has 7 nitrogen and oxygen atoms in total. The highest BCUT2D eigenvalue weighted by atomic mass is 16.6. The first-order valence-electron chi connectivity index (χ1n) is 11.1. The van der Waals surface area contributed by atoms with Crippen LogP contribution in [0.5, 0.6) is 0 Å². The third-order valence-electron chi connectivity index (χ3n) is 5.48. The second kappa shape index (κ2) is 11.4. The van der Waals surface area contributed by atoms with Gasteiger partial charge in [-0.15, -0.1) is 0 Å². The Morgan fingerprint density at radius 1 is 1.28 bits per heavy atom. The summed E-state index contributed by atoms with van der Waals surface area (Å²) in [4.78, 5) is 16.0. The minimum atomic E-state index is -1.03. The smallest absolute Gasteiger partial charge is 0.335 e. The molecule has 1 fully saturated rings. The van der Waals surface area contributed by atoms with Gasteiger partial charge in [0, 0.05) is 5.56 Å². The molecule has 0 aliphatic heterocycles. The van der Waals surface area contributed by atoms with Crippen LogP contribution in [0, 0.1) is 13.8 Å². The molecule has 1 aliphatic carbocycles. The van der Waals surface area contributed by atoms with Crippen molar-refractivity contribution in [2.24, 2.45) is 0 Å². The predicted molar refractivity (Wildman–Crippen MR) is 120 cm³/mol. The maximum Gasteiger partial charge on any atom is 0.335 e. The van der Waals surface area contributed by atoms with Crippen molar-refractivity contribution in [1.29, 1.82) is 0 Å². The third kappa shape index (κ3) is 7.02. The van der Waals surface area contributed by atoms with Crippen LogP contribution < -0.4 is 0 Å². The number of oxazole rings is 1. The molecule has 1 unspecified atom stereocenters. The molecular weight excluding hydrogens is 410 g/mol. The van der Waals surface area contributed by atoms with Crippen molar-refractivity contribution in [3.63, 3.8) is 0 Å². The van der Waals surface area contributed by atoms with Gasteiger partial charge in [0.05, 0.1) is 32.0 Å². The Balaban J connectivity index is 1.50. The van der Waals surface area contributed by atoms with Crippen molar-refractivity contribution in [3.8, 4) is 11.5 Å². The number of carboxylic acid groups (broad SMARTS) is 1. The molecule has 1 N–H and O–H groups in total. The fraction of sp³-hybridized carbons (Fsp3) is 0.520. The number of ether oxygens (including phenoxy) is 3. The van der Waals surface area contributed by atoms with E-state index in [0.29, 0.717) is 18.9 Å². The number of aliphatic carboxylic acids is 1. The molecule has 1 aliphatic rings. The van der Waals surface area contributed by atoms with Gasteiger partial charge >= 0.3 is 5.97 Å². The standard InChI is InChI=1S/C25H33NO6/c1-16(2)13-31-23(25(27)28)15-30-21-10-6-9-20(12-21)29-14-22-18(4)32-24(26-22)19-8-5-7-17(3)11-19/h5,7-8,11,20-21,23H,1,6,9-10,12-15H2,2-4H3,(H,27,28)/t20-,21+,23?/m0/s1. The molecule has 1 saturated carbocycles. The van der Waals surface area contributed by atoms with E-state index in [9.17, 15) is 9.90 Å². The molecule has 0 bridgehead atoms. The molecule has 2 aromatic rings. The summed E-state index contributed by atoms with van der Waals surface area (Å²) in [5, 5.41) is 9.33. The number of benzene rings is 1. The highest BCUT2D eigenvalue weighted by molar-refractivity contribution is 5.72. The van der Waals surface area contributed by atoms with Crippen LogP contribution in [0.3, 0.4) is 0 Å². The summed E-state index contributed by atoms with van der Waals surface area (Å²) in [6, 6.07) is 8.05. The summed E-state index contributed by atoms with van der Waals surface area (Å²) in [7, 11) is 0. The molecule has 3 rings (SSSR count). The number of hydrogen-bond donors (Lipinski definition) is 1. The number of rotatable bonds is 11. The highest BCUT2D eigenvalue weighted by Crippen LogP contribution is 2.27. The van der Waals surface area contributed by atoms with Gasteiger partial charge in [-0.3, -0.25) is 0 Å². The molecule has 1 heterocycles. The number of aromatic nitrogens is 1. The molecule has 174 valence electrons. The monoisotopic (exact) mass is 443 g/mol. The van der Waals surface area contributed by atoms with Gasteiger partial charge in [-0.25, -0.2) is 9.78 Å². The SMILES string of the molecule is C=C(C)COC(CO[C@@H]1CCC[C@H](OCc2nc(-c3cccc(C)c3)oc2C)C1)C(=O)O. The van der Waals surface area contributed by atoms with Crippen molar-refractivity contribution < 1.29 is 28.5 Å². The van der Waals surface area contributed by atoms with Gasteiger partial charge in [-0.1, -0.05) is 29.8 Å². The van der Waals surface area contributed by atoms with Crippen LogP contribution in [-0.2, 0) is 25.6 Å². The fourth-order valence-electron chi connectivity index (χ4n) is 3.72. The lowest BCUT2D eigenvalue weighted by Crippen LogP contribution is -2.34. The minimum absolute atomic E-state index is 0.0161. The van der Waals surface area contributed by atoms with Crippen molar-refractivity contribution in [2.75, 3.05) is 13.2 Å². The molecule has 1 aromatic heterocycles. The van der Waals surface area contributed by atoms with Gasteiger partial charge in [0.2, 0.25) is 5.89 Å². The van der Waals surface area contributed by atoms with Crippen LogP contribution in [0.25, 0.3) is 11.5 Å². The van der Waals surface area contributed by atoms with E-state index in [2.05, 4.69) is 11.6 Å². The fourth-order valence-corrected chi connectivity index (χ4v) is 3.72. The van der Waals surface area contributed by atoms with Gasteiger partial charge in [-0.05, 0) is 58.6 Å². The zero-order valence-corrected chi connectivity index (χ0v) is 19.1. The summed E-state index contributed by atoms with van der Waals surface area (Å²) >= 11 is 0. The normalized spacial score (nSPS) is 19.6. The van der Waals surface area contributed by atoms with Crippen molar-refractivity contribution >= 4 is 5.97 Å². The number of carboxylic acids is 1. The highest BCUT2D eigenvalue weighted by Gasteiger charge is 2.27. The minimum Gasteiger partial charge on any atom is -0.479 e. The Bertz CT molecular complexity index is 921. The second-order valence-corrected chi connectivity index (χ2v) is 8.54. The average Bonchev–Trinajstić information content (AvgIpc) is 3.13. The maximum atomic E-state index is 11.4. The van der Waals surface area contributed by atoms with Crippen LogP contribution in [0.4, 0.5) is 0 Å². The van der Waals surface area contributed by atoms with E-state index >= 15 is 0 Å². The van der Waals surface area contributed by atoms with E-state index in [4.69, 9.17) is 18.6 Å². The number of nitrogens with zero attached hydrogens (tertiary/aromatic N) is 1. The Labute approximate surface area is 189 Å². The number of aryl methyl sites for hydroxylation is 2. The molecule has 0 amide bonds. The maximum absolute atomic E-state index is 11.4. The molecule has 1 aromatic carbocycles. The van der Waals surface area contributed by atoms with Gasteiger partial charge in [0.25, 0.3) is 0 Å². The van der Waals surface area contributed by atoms with E-state index in [0.717, 1.165) is 47.4 Å². The second-order valence-electron chi connectivity index (χ2n) is 8.54. The van der Waals surface area contributed by atoms with Gasteiger partial charge in [-0.2, -0.15) is 0 Å². The van der Waals surface area contributed by atoms with Crippen molar-refractivity contribution in [3.05, 3.63) is 53.4 Å². The topological polar surface area (TPSA) is 91.0 Å². The first kappa shape index (κ1) is 24.2. The van der Waals surface area contributed by atoms with Gasteiger partial charge in [0.1, 0.15) is 11.5 Å². The van der Waals surface area contributed by atoms with E-state index in [-0.39, 0.29) is 25.4 Å². The summed E-state index contributed by atoms with van der Waals surface area (Å²) in [5.74, 6) is 0.328. The lowest BCUT2D eigenvalue weighted by molar-refractivity contribution is -0.156. The van der Waals surface area contributed by atoms with Crippen molar-refractivity contribution in [1.82, 2.24) is 4.98 Å². The first-order chi connectivity index (χ1) is 15.3. The third-order valence-corrected chi connectivity index (χ3v) is 5.48. The molecule has 0 radical (unpaired) electrons. The first-order valence-corrected chi connectivity index (χ1v) is 11.1. The molecular formula is C25H33NO6. The summed E-state index contributed by atoms with van der Waals surface area (Å²) in [6.07, 6.45) is 2.49. The lowest BCUT2D eigenvalue weighted by atomic mass is 9.95. The Hall–Kier alpha value is -2.48. The summed E-state index contributed by atoms with van der Waals surface area (Å²) in [5.41, 5.74) is 3.67. The zero-order chi connectivity index (χ0) is 23.1. The van der Waals surface area contributed by atoms with Crippen LogP contribution >= 0.6 is 0 Å². The Morgan fingerprint density at radius 3 is 2.72 bits per heavy atom. The van der Waals surface area contributed by atoms with Crippen LogP contribution in [0.1, 0.15) is 49.6 Å². The molecule has 0 spiro atoms.